The van der Waals surface area contributed by atoms with Gasteiger partial charge in [-0.3, -0.25) is 4.79 Å². The van der Waals surface area contributed by atoms with Crippen LogP contribution in [-0.4, -0.2) is 37.2 Å². The van der Waals surface area contributed by atoms with Crippen LogP contribution in [0.3, 0.4) is 0 Å². The number of thiazole rings is 1. The van der Waals surface area contributed by atoms with Gasteiger partial charge in [-0.15, -0.1) is 11.3 Å². The fourth-order valence-electron chi connectivity index (χ4n) is 1.94. The number of carbonyl (C=O) groups is 1. The van der Waals surface area contributed by atoms with Crippen LogP contribution in [0.25, 0.3) is 10.6 Å². The fraction of sp³-hybridized carbons (Fsp3) is 0.375. The summed E-state index contributed by atoms with van der Waals surface area (Å²) in [5, 5.41) is 2.24. The molecule has 0 atom stereocenters. The van der Waals surface area contributed by atoms with Crippen molar-refractivity contribution < 1.29 is 13.2 Å². The predicted octanol–water partition coefficient (Wildman–Crippen LogP) is 2.86. The number of nitrogens with one attached hydrogen (secondary N) is 1. The van der Waals surface area contributed by atoms with E-state index in [0.717, 1.165) is 9.87 Å². The van der Waals surface area contributed by atoms with Gasteiger partial charge in [0.15, 0.2) is 0 Å². The van der Waals surface area contributed by atoms with Crippen LogP contribution in [0.5, 0.6) is 0 Å². The summed E-state index contributed by atoms with van der Waals surface area (Å²) in [5.41, 5.74) is 2.22. The van der Waals surface area contributed by atoms with Gasteiger partial charge in [-0.05, 0) is 11.5 Å². The van der Waals surface area contributed by atoms with E-state index in [1.807, 2.05) is 29.0 Å². The number of rotatable bonds is 6. The van der Waals surface area contributed by atoms with Gasteiger partial charge < -0.3 is 0 Å². The Hall–Kier alpha value is -1.77. The molecule has 0 fully saturated rings. The van der Waals surface area contributed by atoms with E-state index in [4.69, 9.17) is 0 Å². The lowest BCUT2D eigenvalue weighted by Crippen LogP contribution is -2.41. The molecule has 2 aromatic rings. The summed E-state index contributed by atoms with van der Waals surface area (Å²) in [6.45, 7) is 6.20. The Bertz CT molecular complexity index is 811. The molecule has 0 unspecified atom stereocenters. The van der Waals surface area contributed by atoms with Crippen molar-refractivity contribution in [2.24, 2.45) is 0 Å². The molecule has 0 aliphatic rings. The monoisotopic (exact) mass is 367 g/mol. The Labute approximate surface area is 146 Å². The van der Waals surface area contributed by atoms with E-state index in [1.165, 1.54) is 23.9 Å². The summed E-state index contributed by atoms with van der Waals surface area (Å²) >= 11 is 1.31. The summed E-state index contributed by atoms with van der Waals surface area (Å²) in [6, 6.07) is 7.97. The lowest BCUT2D eigenvalue weighted by atomic mass is 10.0. The van der Waals surface area contributed by atoms with Crippen LogP contribution >= 0.6 is 11.3 Å². The molecule has 130 valence electrons. The first kappa shape index (κ1) is 18.6. The minimum Gasteiger partial charge on any atom is -0.266 e. The van der Waals surface area contributed by atoms with E-state index in [-0.39, 0.29) is 12.2 Å². The van der Waals surface area contributed by atoms with Crippen LogP contribution in [0.2, 0.25) is 0 Å². The summed E-state index contributed by atoms with van der Waals surface area (Å²) in [6.07, 6.45) is 0. The number of hydrogen-bond donors (Lipinski definition) is 1. The summed E-state index contributed by atoms with van der Waals surface area (Å²) in [5.74, 6) is -0.283. The van der Waals surface area contributed by atoms with E-state index in [2.05, 4.69) is 18.8 Å². The normalized spacial score (nSPS) is 11.9. The maximum absolute atomic E-state index is 12.1. The number of benzene rings is 1. The van der Waals surface area contributed by atoms with Gasteiger partial charge in [0.2, 0.25) is 0 Å². The maximum Gasteiger partial charge on any atom is 0.303 e. The number of hydrogen-bond acceptors (Lipinski definition) is 5. The van der Waals surface area contributed by atoms with Crippen molar-refractivity contribution in [2.75, 3.05) is 13.6 Å². The third-order valence-electron chi connectivity index (χ3n) is 3.64. The van der Waals surface area contributed by atoms with Gasteiger partial charge in [0.25, 0.3) is 5.91 Å². The van der Waals surface area contributed by atoms with Gasteiger partial charge in [0.1, 0.15) is 10.7 Å². The SMILES string of the molecule is CCN(C)S(=O)(=O)NC(=O)c1csc(-c2ccc(C(C)C)cc2)n1. The highest BCUT2D eigenvalue weighted by atomic mass is 32.2. The molecule has 1 amide bonds. The van der Waals surface area contributed by atoms with E-state index in [1.54, 1.807) is 12.3 Å². The highest BCUT2D eigenvalue weighted by Gasteiger charge is 2.21. The Morgan fingerprint density at radius 1 is 1.29 bits per heavy atom. The van der Waals surface area contributed by atoms with Gasteiger partial charge in [0, 0.05) is 24.5 Å². The Morgan fingerprint density at radius 2 is 1.92 bits per heavy atom. The predicted molar refractivity (Wildman–Crippen MR) is 96.3 cm³/mol. The number of nitrogens with zero attached hydrogens (tertiary/aromatic N) is 2. The fourth-order valence-corrected chi connectivity index (χ4v) is 3.58. The van der Waals surface area contributed by atoms with Gasteiger partial charge >= 0.3 is 10.2 Å². The first-order chi connectivity index (χ1) is 11.2. The van der Waals surface area contributed by atoms with Crippen LogP contribution in [-0.2, 0) is 10.2 Å². The lowest BCUT2D eigenvalue weighted by molar-refractivity contribution is 0.0975. The average molecular weight is 367 g/mol. The largest absolute Gasteiger partial charge is 0.303 e. The maximum atomic E-state index is 12.1. The first-order valence-electron chi connectivity index (χ1n) is 7.59. The van der Waals surface area contributed by atoms with E-state index in [0.29, 0.717) is 10.9 Å². The molecule has 1 aromatic carbocycles. The molecule has 8 heteroatoms. The molecule has 0 bridgehead atoms. The molecule has 0 aliphatic carbocycles. The summed E-state index contributed by atoms with van der Waals surface area (Å²) in [4.78, 5) is 16.3. The highest BCUT2D eigenvalue weighted by Crippen LogP contribution is 2.25. The molecule has 0 radical (unpaired) electrons. The smallest absolute Gasteiger partial charge is 0.266 e. The zero-order valence-corrected chi connectivity index (χ0v) is 15.7. The molecule has 1 heterocycles. The number of carbonyl (C=O) groups excluding carboxylic acids is 1. The van der Waals surface area contributed by atoms with Gasteiger partial charge in [0.05, 0.1) is 0 Å². The molecule has 1 aromatic heterocycles. The van der Waals surface area contributed by atoms with Crippen LogP contribution in [0.1, 0.15) is 42.7 Å². The average Bonchev–Trinajstić information content (AvgIpc) is 3.03. The minimum absolute atomic E-state index is 0.0935. The lowest BCUT2D eigenvalue weighted by Gasteiger charge is -2.14. The van der Waals surface area contributed by atoms with Crippen LogP contribution < -0.4 is 4.72 Å². The molecule has 0 saturated carbocycles. The van der Waals surface area contributed by atoms with Gasteiger partial charge in [-0.1, -0.05) is 45.0 Å². The van der Waals surface area contributed by atoms with Crippen LogP contribution in [0.4, 0.5) is 0 Å². The van der Waals surface area contributed by atoms with E-state index in [9.17, 15) is 13.2 Å². The standard InChI is InChI=1S/C16H21N3O3S2/c1-5-19(4)24(21,22)18-15(20)14-10-23-16(17-14)13-8-6-12(7-9-13)11(2)3/h6-11H,5H2,1-4H3,(H,18,20). The molecule has 1 N–H and O–H groups in total. The molecule has 0 spiro atoms. The number of aromatic nitrogens is 1. The zero-order chi connectivity index (χ0) is 17.9. The molecular weight excluding hydrogens is 346 g/mol. The van der Waals surface area contributed by atoms with Crippen LogP contribution in [0, 0.1) is 0 Å². The third-order valence-corrected chi connectivity index (χ3v) is 6.05. The topological polar surface area (TPSA) is 79.4 Å². The zero-order valence-electron chi connectivity index (χ0n) is 14.1. The minimum atomic E-state index is -3.83. The van der Waals surface area contributed by atoms with E-state index >= 15 is 0 Å². The molecule has 6 nitrogen and oxygen atoms in total. The molecule has 0 saturated heterocycles. The molecule has 2 rings (SSSR count). The molecular formula is C16H21N3O3S2. The van der Waals surface area contributed by atoms with Crippen molar-refractivity contribution in [3.8, 4) is 10.6 Å². The Morgan fingerprint density at radius 3 is 2.46 bits per heavy atom. The molecule has 0 aliphatic heterocycles. The molecule has 24 heavy (non-hydrogen) atoms. The van der Waals surface area contributed by atoms with Gasteiger partial charge in [-0.25, -0.2) is 9.71 Å². The Kier molecular flexibility index (Phi) is 5.74. The first-order valence-corrected chi connectivity index (χ1v) is 9.90. The second kappa shape index (κ2) is 7.42. The van der Waals surface area contributed by atoms with Crippen molar-refractivity contribution in [1.82, 2.24) is 14.0 Å². The van der Waals surface area contributed by atoms with Crippen molar-refractivity contribution >= 4 is 27.5 Å². The second-order valence-corrected chi connectivity index (χ2v) is 8.30. The third kappa shape index (κ3) is 4.19. The van der Waals surface area contributed by atoms with Crippen molar-refractivity contribution in [3.63, 3.8) is 0 Å². The second-order valence-electron chi connectivity index (χ2n) is 5.66. The van der Waals surface area contributed by atoms with E-state index < -0.39 is 16.1 Å². The van der Waals surface area contributed by atoms with Gasteiger partial charge in [-0.2, -0.15) is 12.7 Å². The summed E-state index contributed by atoms with van der Waals surface area (Å²) < 4.78 is 26.9. The Balaban J connectivity index is 2.17. The highest BCUT2D eigenvalue weighted by molar-refractivity contribution is 7.87. The quantitative estimate of drug-likeness (QED) is 0.851. The summed E-state index contributed by atoms with van der Waals surface area (Å²) in [7, 11) is -2.43. The van der Waals surface area contributed by atoms with Crippen molar-refractivity contribution in [3.05, 3.63) is 40.9 Å². The van der Waals surface area contributed by atoms with Crippen molar-refractivity contribution in [2.45, 2.75) is 26.7 Å². The number of amides is 1. The van der Waals surface area contributed by atoms with Crippen molar-refractivity contribution in [1.29, 1.82) is 0 Å². The van der Waals surface area contributed by atoms with Crippen LogP contribution in [0.15, 0.2) is 29.6 Å².